The van der Waals surface area contributed by atoms with Gasteiger partial charge in [-0.2, -0.15) is 0 Å². The van der Waals surface area contributed by atoms with Crippen LogP contribution < -0.4 is 4.72 Å². The van der Waals surface area contributed by atoms with Gasteiger partial charge in [0.2, 0.25) is 10.0 Å². The summed E-state index contributed by atoms with van der Waals surface area (Å²) in [6.45, 7) is 0.612. The Labute approximate surface area is 108 Å². The monoisotopic (exact) mass is 311 g/mol. The first-order chi connectivity index (χ1) is 7.67. The van der Waals surface area contributed by atoms with Gasteiger partial charge in [0.15, 0.2) is 0 Å². The normalized spacial score (nSPS) is 18.1. The van der Waals surface area contributed by atoms with Crippen molar-refractivity contribution in [2.45, 2.75) is 56.6 Å². The van der Waals surface area contributed by atoms with Gasteiger partial charge in [0, 0.05) is 11.9 Å². The lowest BCUT2D eigenvalue weighted by molar-refractivity contribution is 0.558. The number of halogens is 1. The highest BCUT2D eigenvalue weighted by Crippen LogP contribution is 2.23. The van der Waals surface area contributed by atoms with Gasteiger partial charge < -0.3 is 0 Å². The van der Waals surface area contributed by atoms with Crippen LogP contribution >= 0.6 is 15.9 Å². The fraction of sp³-hybridized carbons (Fsp3) is 1.00. The molecule has 0 radical (unpaired) electrons. The summed E-state index contributed by atoms with van der Waals surface area (Å²) >= 11 is 3.38. The smallest absolute Gasteiger partial charge is 0.214 e. The molecule has 1 aliphatic carbocycles. The molecule has 0 bridgehead atoms. The number of rotatable bonds is 8. The molecule has 1 aliphatic rings. The molecule has 0 atom stereocenters. The first-order valence-electron chi connectivity index (χ1n) is 6.21. The minimum Gasteiger partial charge on any atom is -0.215 e. The van der Waals surface area contributed by atoms with Crippen LogP contribution in [0.5, 0.6) is 0 Å². The van der Waals surface area contributed by atoms with Crippen LogP contribution in [0, 0.1) is 0 Å². The van der Waals surface area contributed by atoms with E-state index in [0.717, 1.165) is 43.9 Å². The molecule has 0 spiro atoms. The molecule has 0 heterocycles. The molecule has 0 aromatic heterocycles. The Morgan fingerprint density at radius 1 is 1.06 bits per heavy atom. The second kappa shape index (κ2) is 7.67. The maximum Gasteiger partial charge on any atom is 0.214 e. The van der Waals surface area contributed by atoms with E-state index in [9.17, 15) is 8.42 Å². The summed E-state index contributed by atoms with van der Waals surface area (Å²) in [7, 11) is -3.01. The molecule has 1 saturated carbocycles. The average molecular weight is 312 g/mol. The van der Waals surface area contributed by atoms with Gasteiger partial charge in [-0.1, -0.05) is 41.6 Å². The first kappa shape index (κ1) is 14.5. The molecule has 16 heavy (non-hydrogen) atoms. The molecule has 1 fully saturated rings. The maximum atomic E-state index is 11.8. The van der Waals surface area contributed by atoms with Crippen LogP contribution in [-0.2, 0) is 10.0 Å². The van der Waals surface area contributed by atoms with Crippen LogP contribution in [0.15, 0.2) is 0 Å². The molecule has 1 rings (SSSR count). The molecule has 0 aliphatic heterocycles. The number of sulfonamides is 1. The van der Waals surface area contributed by atoms with E-state index in [0.29, 0.717) is 6.54 Å². The summed E-state index contributed by atoms with van der Waals surface area (Å²) in [5, 5.41) is 0.927. The van der Waals surface area contributed by atoms with Gasteiger partial charge in [-0.3, -0.25) is 0 Å². The summed E-state index contributed by atoms with van der Waals surface area (Å²) < 4.78 is 26.3. The van der Waals surface area contributed by atoms with E-state index in [2.05, 4.69) is 20.7 Å². The standard InChI is InChI=1S/C11H22BrNO2S/c12-9-5-1-2-6-10-13-16(14,15)11-7-3-4-8-11/h11,13H,1-10H2. The summed E-state index contributed by atoms with van der Waals surface area (Å²) in [4.78, 5) is 0. The fourth-order valence-electron chi connectivity index (χ4n) is 2.10. The van der Waals surface area contributed by atoms with Crippen molar-refractivity contribution in [3.8, 4) is 0 Å². The van der Waals surface area contributed by atoms with Crippen LogP contribution in [0.3, 0.4) is 0 Å². The minimum atomic E-state index is -3.01. The Kier molecular flexibility index (Phi) is 6.92. The van der Waals surface area contributed by atoms with Crippen molar-refractivity contribution in [3.05, 3.63) is 0 Å². The average Bonchev–Trinajstić information content (AvgIpc) is 2.77. The molecule has 0 aromatic rings. The first-order valence-corrected chi connectivity index (χ1v) is 8.88. The van der Waals surface area contributed by atoms with E-state index >= 15 is 0 Å². The lowest BCUT2D eigenvalue weighted by atomic mass is 10.2. The van der Waals surface area contributed by atoms with Crippen molar-refractivity contribution in [2.75, 3.05) is 11.9 Å². The van der Waals surface area contributed by atoms with Gasteiger partial charge in [-0.05, 0) is 25.7 Å². The zero-order valence-corrected chi connectivity index (χ0v) is 12.2. The van der Waals surface area contributed by atoms with E-state index in [1.54, 1.807) is 0 Å². The van der Waals surface area contributed by atoms with Gasteiger partial charge in [-0.15, -0.1) is 0 Å². The van der Waals surface area contributed by atoms with Gasteiger partial charge in [0.05, 0.1) is 5.25 Å². The second-order valence-electron chi connectivity index (χ2n) is 4.45. The summed E-state index contributed by atoms with van der Waals surface area (Å²) in [6.07, 6.45) is 8.25. The van der Waals surface area contributed by atoms with Crippen molar-refractivity contribution >= 4 is 26.0 Å². The van der Waals surface area contributed by atoms with Crippen molar-refractivity contribution in [2.24, 2.45) is 0 Å². The van der Waals surface area contributed by atoms with Gasteiger partial charge >= 0.3 is 0 Å². The molecule has 5 heteroatoms. The Morgan fingerprint density at radius 3 is 2.31 bits per heavy atom. The van der Waals surface area contributed by atoms with Crippen LogP contribution in [0.4, 0.5) is 0 Å². The topological polar surface area (TPSA) is 46.2 Å². The molecule has 0 amide bonds. The van der Waals surface area contributed by atoms with Gasteiger partial charge in [0.25, 0.3) is 0 Å². The van der Waals surface area contributed by atoms with Crippen LogP contribution in [-0.4, -0.2) is 25.5 Å². The largest absolute Gasteiger partial charge is 0.215 e. The molecule has 0 unspecified atom stereocenters. The highest BCUT2D eigenvalue weighted by Gasteiger charge is 2.27. The molecule has 96 valence electrons. The predicted molar refractivity (Wildman–Crippen MR) is 71.4 cm³/mol. The zero-order chi connectivity index (χ0) is 11.9. The van der Waals surface area contributed by atoms with Crippen LogP contribution in [0.1, 0.15) is 51.4 Å². The number of alkyl halides is 1. The quantitative estimate of drug-likeness (QED) is 0.553. The predicted octanol–water partition coefficient (Wildman–Crippen LogP) is 2.80. The van der Waals surface area contributed by atoms with Crippen molar-refractivity contribution in [1.29, 1.82) is 0 Å². The SMILES string of the molecule is O=S(=O)(NCCCCCCBr)C1CCCC1. The number of hydrogen-bond acceptors (Lipinski definition) is 2. The fourth-order valence-corrected chi connectivity index (χ4v) is 4.12. The third kappa shape index (κ3) is 5.15. The third-order valence-corrected chi connectivity index (χ3v) is 5.62. The van der Waals surface area contributed by atoms with E-state index in [1.165, 1.54) is 12.8 Å². The Balaban J connectivity index is 2.11. The Hall–Kier alpha value is 0.390. The van der Waals surface area contributed by atoms with E-state index < -0.39 is 10.0 Å². The van der Waals surface area contributed by atoms with Crippen molar-refractivity contribution in [3.63, 3.8) is 0 Å². The maximum absolute atomic E-state index is 11.8. The van der Waals surface area contributed by atoms with E-state index in [-0.39, 0.29) is 5.25 Å². The van der Waals surface area contributed by atoms with E-state index in [4.69, 9.17) is 0 Å². The van der Waals surface area contributed by atoms with Gasteiger partial charge in [0.1, 0.15) is 0 Å². The minimum absolute atomic E-state index is 0.116. The molecule has 0 aromatic carbocycles. The van der Waals surface area contributed by atoms with E-state index in [1.807, 2.05) is 0 Å². The zero-order valence-electron chi connectivity index (χ0n) is 9.75. The Morgan fingerprint density at radius 2 is 1.69 bits per heavy atom. The number of nitrogens with one attached hydrogen (secondary N) is 1. The lowest BCUT2D eigenvalue weighted by Gasteiger charge is -2.11. The number of unbranched alkanes of at least 4 members (excludes halogenated alkanes) is 3. The lowest BCUT2D eigenvalue weighted by Crippen LogP contribution is -2.33. The summed E-state index contributed by atoms with van der Waals surface area (Å²) in [5.41, 5.74) is 0. The van der Waals surface area contributed by atoms with Crippen LogP contribution in [0.25, 0.3) is 0 Å². The summed E-state index contributed by atoms with van der Waals surface area (Å²) in [5.74, 6) is 0. The summed E-state index contributed by atoms with van der Waals surface area (Å²) in [6, 6.07) is 0. The third-order valence-electron chi connectivity index (χ3n) is 3.10. The highest BCUT2D eigenvalue weighted by atomic mass is 79.9. The van der Waals surface area contributed by atoms with Crippen molar-refractivity contribution in [1.82, 2.24) is 4.72 Å². The molecule has 3 nitrogen and oxygen atoms in total. The van der Waals surface area contributed by atoms with Crippen LogP contribution in [0.2, 0.25) is 0 Å². The molecule has 1 N–H and O–H groups in total. The van der Waals surface area contributed by atoms with Crippen molar-refractivity contribution < 1.29 is 8.42 Å². The molecular weight excluding hydrogens is 290 g/mol. The number of hydrogen-bond donors (Lipinski definition) is 1. The highest BCUT2D eigenvalue weighted by molar-refractivity contribution is 9.09. The second-order valence-corrected chi connectivity index (χ2v) is 7.29. The Bertz CT molecular complexity index is 274. The molecular formula is C11H22BrNO2S. The molecule has 0 saturated heterocycles. The van der Waals surface area contributed by atoms with Gasteiger partial charge in [-0.25, -0.2) is 13.1 Å².